The van der Waals surface area contributed by atoms with Gasteiger partial charge in [-0.15, -0.1) is 11.8 Å². The molecule has 0 aromatic carbocycles. The predicted octanol–water partition coefficient (Wildman–Crippen LogP) is 0.521. The Labute approximate surface area is 174 Å². The number of nitrogens with zero attached hydrogens (tertiary/aromatic N) is 2. The van der Waals surface area contributed by atoms with E-state index >= 15 is 0 Å². The molecule has 0 aliphatic carbocycles. The van der Waals surface area contributed by atoms with E-state index in [0.29, 0.717) is 5.75 Å². The minimum Gasteiger partial charge on any atom is -0.477 e. The summed E-state index contributed by atoms with van der Waals surface area (Å²) < 4.78 is 11.3. The number of halogens is 1. The molecule has 2 aliphatic rings. The fourth-order valence-corrected chi connectivity index (χ4v) is 4.69. The van der Waals surface area contributed by atoms with Crippen LogP contribution in [0.2, 0.25) is 0 Å². The smallest absolute Gasteiger partial charge is 0.352 e. The van der Waals surface area contributed by atoms with Crippen LogP contribution in [0.4, 0.5) is 0 Å². The van der Waals surface area contributed by atoms with Gasteiger partial charge in [0, 0.05) is 19.0 Å². The molecule has 2 atom stereocenters. The second kappa shape index (κ2) is 9.72. The van der Waals surface area contributed by atoms with Crippen molar-refractivity contribution >= 4 is 51.2 Å². The molecule has 2 N–H and O–H groups in total. The van der Waals surface area contributed by atoms with Crippen LogP contribution in [0.3, 0.4) is 0 Å². The Bertz CT molecular complexity index is 694. The van der Waals surface area contributed by atoms with Gasteiger partial charge in [0.1, 0.15) is 24.2 Å². The highest BCUT2D eigenvalue weighted by atomic mass is 79.9. The number of hydrogen-bond donors (Lipinski definition) is 2. The molecule has 0 aromatic rings. The lowest BCUT2D eigenvalue weighted by atomic mass is 10.0. The number of aliphatic carboxylic acids is 1. The highest BCUT2D eigenvalue weighted by molar-refractivity contribution is 9.09. The first-order chi connectivity index (χ1) is 13.4. The molecule has 1 unspecified atom stereocenters. The van der Waals surface area contributed by atoms with E-state index in [1.165, 1.54) is 24.9 Å². The van der Waals surface area contributed by atoms with E-state index in [9.17, 15) is 19.5 Å². The number of oxime groups is 1. The van der Waals surface area contributed by atoms with Crippen molar-refractivity contribution in [3.8, 4) is 0 Å². The Hall–Kier alpha value is -1.63. The van der Waals surface area contributed by atoms with Crippen molar-refractivity contribution in [1.29, 1.82) is 0 Å². The molecule has 0 radical (unpaired) electrons. The predicted molar refractivity (Wildman–Crippen MR) is 105 cm³/mol. The Kier molecular flexibility index (Phi) is 7.87. The second-order valence-corrected chi connectivity index (χ2v) is 7.36. The molecule has 2 heterocycles. The Morgan fingerprint density at radius 3 is 2.57 bits per heavy atom. The summed E-state index contributed by atoms with van der Waals surface area (Å²) in [6, 6.07) is -0.890. The number of β-lactam (4-membered cyclic amide) rings is 1. The first-order valence-corrected chi connectivity index (χ1v) is 10.7. The summed E-state index contributed by atoms with van der Waals surface area (Å²) in [7, 11) is 1.28. The zero-order valence-corrected chi connectivity index (χ0v) is 18.0. The molecule has 28 heavy (non-hydrogen) atoms. The summed E-state index contributed by atoms with van der Waals surface area (Å²) in [4.78, 5) is 42.6. The average molecular weight is 480 g/mol. The van der Waals surface area contributed by atoms with Crippen LogP contribution in [0.15, 0.2) is 16.9 Å². The second-order valence-electron chi connectivity index (χ2n) is 5.65. The standard InChI is InChI=1S/C16H22BrN3O7S/c1-4-26-16(8-17,27-5-2)11(19-25-3)12(21)18-10-13(22)20-9(15(23)24)6-7-28-14(10)20/h6,10,14H,4-5,7-8H2,1-3H3,(H,18,21)(H,23,24)/t10?,14-/m0/s1. The van der Waals surface area contributed by atoms with Crippen LogP contribution < -0.4 is 5.32 Å². The van der Waals surface area contributed by atoms with Crippen molar-refractivity contribution in [3.05, 3.63) is 11.8 Å². The van der Waals surface area contributed by atoms with E-state index in [-0.39, 0.29) is 30.0 Å². The molecule has 0 bridgehead atoms. The van der Waals surface area contributed by atoms with Crippen molar-refractivity contribution in [2.75, 3.05) is 31.4 Å². The maximum absolute atomic E-state index is 12.9. The highest BCUT2D eigenvalue weighted by Gasteiger charge is 2.54. The number of fused-ring (bicyclic) bond motifs is 1. The van der Waals surface area contributed by atoms with Gasteiger partial charge in [0.15, 0.2) is 0 Å². The van der Waals surface area contributed by atoms with E-state index in [0.717, 1.165) is 4.90 Å². The molecule has 156 valence electrons. The molecule has 0 spiro atoms. The number of carboxylic acids is 1. The molecule has 1 saturated heterocycles. The van der Waals surface area contributed by atoms with Gasteiger partial charge in [0.25, 0.3) is 11.8 Å². The molecule has 12 heteroatoms. The summed E-state index contributed by atoms with van der Waals surface area (Å²) >= 11 is 4.64. The van der Waals surface area contributed by atoms with Crippen LogP contribution >= 0.6 is 27.7 Å². The van der Waals surface area contributed by atoms with Crippen LogP contribution in [0, 0.1) is 0 Å². The Morgan fingerprint density at radius 1 is 1.43 bits per heavy atom. The molecular formula is C16H22BrN3O7S. The van der Waals surface area contributed by atoms with Gasteiger partial charge in [-0.1, -0.05) is 21.1 Å². The number of amides is 2. The molecule has 1 fully saturated rings. The van der Waals surface area contributed by atoms with E-state index in [1.54, 1.807) is 13.8 Å². The summed E-state index contributed by atoms with van der Waals surface area (Å²) in [5, 5.41) is 15.2. The lowest BCUT2D eigenvalue weighted by Crippen LogP contribution is -2.71. The van der Waals surface area contributed by atoms with Gasteiger partial charge in [-0.2, -0.15) is 0 Å². The topological polar surface area (TPSA) is 127 Å². The van der Waals surface area contributed by atoms with Crippen LogP contribution in [0.5, 0.6) is 0 Å². The van der Waals surface area contributed by atoms with Crippen molar-refractivity contribution < 1.29 is 33.8 Å². The first kappa shape index (κ1) is 22.7. The number of carbonyl (C=O) groups excluding carboxylic acids is 2. The normalized spacial score (nSPS) is 22.1. The first-order valence-electron chi connectivity index (χ1n) is 8.51. The minimum absolute atomic E-state index is 0.0801. The Balaban J connectivity index is 2.22. The van der Waals surface area contributed by atoms with Gasteiger partial charge in [0.05, 0.1) is 5.33 Å². The average Bonchev–Trinajstić information content (AvgIpc) is 2.68. The fraction of sp³-hybridized carbons (Fsp3) is 0.625. The maximum Gasteiger partial charge on any atom is 0.352 e. The number of rotatable bonds is 10. The van der Waals surface area contributed by atoms with Crippen LogP contribution in [0.1, 0.15) is 13.8 Å². The zero-order valence-electron chi connectivity index (χ0n) is 15.6. The van der Waals surface area contributed by atoms with Gasteiger partial charge in [-0.25, -0.2) is 4.79 Å². The Morgan fingerprint density at radius 2 is 2.07 bits per heavy atom. The van der Waals surface area contributed by atoms with Gasteiger partial charge in [-0.05, 0) is 19.9 Å². The lowest BCUT2D eigenvalue weighted by molar-refractivity contribution is -0.171. The third kappa shape index (κ3) is 4.19. The number of nitrogens with one attached hydrogen (secondary N) is 1. The van der Waals surface area contributed by atoms with Gasteiger partial charge in [-0.3, -0.25) is 14.5 Å². The van der Waals surface area contributed by atoms with E-state index in [2.05, 4.69) is 26.4 Å². The highest BCUT2D eigenvalue weighted by Crippen LogP contribution is 2.37. The van der Waals surface area contributed by atoms with Crippen molar-refractivity contribution in [3.63, 3.8) is 0 Å². The minimum atomic E-state index is -1.50. The van der Waals surface area contributed by atoms with Crippen molar-refractivity contribution in [2.45, 2.75) is 31.1 Å². The third-order valence-electron chi connectivity index (χ3n) is 4.04. The molecule has 2 aliphatic heterocycles. The number of carbonyl (C=O) groups is 3. The number of carboxylic acid groups (broad SMARTS) is 1. The van der Waals surface area contributed by atoms with Crippen molar-refractivity contribution in [1.82, 2.24) is 10.2 Å². The molecule has 2 amide bonds. The molecule has 0 aromatic heterocycles. The number of hydrogen-bond acceptors (Lipinski definition) is 8. The van der Waals surface area contributed by atoms with Crippen LogP contribution in [-0.4, -0.2) is 82.1 Å². The van der Waals surface area contributed by atoms with Crippen LogP contribution in [0.25, 0.3) is 0 Å². The number of ether oxygens (including phenoxy) is 2. The van der Waals surface area contributed by atoms with Gasteiger partial charge < -0.3 is 24.7 Å². The lowest BCUT2D eigenvalue weighted by Gasteiger charge is -2.48. The maximum atomic E-state index is 12.9. The summed E-state index contributed by atoms with van der Waals surface area (Å²) in [5.41, 5.74) is -0.264. The summed E-state index contributed by atoms with van der Waals surface area (Å²) in [5.74, 6) is -3.47. The van der Waals surface area contributed by atoms with E-state index in [4.69, 9.17) is 14.3 Å². The van der Waals surface area contributed by atoms with Crippen molar-refractivity contribution in [2.24, 2.45) is 5.16 Å². The number of alkyl halides is 1. The largest absolute Gasteiger partial charge is 0.477 e. The van der Waals surface area contributed by atoms with Crippen LogP contribution in [-0.2, 0) is 28.7 Å². The summed E-state index contributed by atoms with van der Waals surface area (Å²) in [6.07, 6.45) is 1.47. The number of thioether (sulfide) groups is 1. The molecule has 2 rings (SSSR count). The molecular weight excluding hydrogens is 458 g/mol. The fourth-order valence-electron chi connectivity index (χ4n) is 2.91. The zero-order chi connectivity index (χ0) is 20.9. The SMILES string of the molecule is CCOC(CBr)(OCC)C(=NOC)C(=O)NC1C(=O)N2C(C(=O)O)=CCS[C@@H]12. The van der Waals surface area contributed by atoms with Gasteiger partial charge in [0.2, 0.25) is 11.5 Å². The molecule has 0 saturated carbocycles. The van der Waals surface area contributed by atoms with Gasteiger partial charge >= 0.3 is 5.97 Å². The van der Waals surface area contributed by atoms with E-state index < -0.39 is 35.0 Å². The third-order valence-corrected chi connectivity index (χ3v) is 5.96. The molecule has 10 nitrogen and oxygen atoms in total. The summed E-state index contributed by atoms with van der Waals surface area (Å²) in [6.45, 7) is 3.96. The monoisotopic (exact) mass is 479 g/mol. The van der Waals surface area contributed by atoms with E-state index in [1.807, 2.05) is 0 Å². The quantitative estimate of drug-likeness (QED) is 0.152.